The molecular formula is C21H28N3O2+. The van der Waals surface area contributed by atoms with E-state index in [1.54, 1.807) is 7.11 Å². The SMILES string of the molecule is COc1ccc(N[C@H](C)C(=O)N2CC[NH+](Cc3ccccc3)CC2)cc1. The molecule has 26 heavy (non-hydrogen) atoms. The number of anilines is 1. The van der Waals surface area contributed by atoms with Gasteiger partial charge in [0.15, 0.2) is 0 Å². The van der Waals surface area contributed by atoms with E-state index in [4.69, 9.17) is 4.74 Å². The van der Waals surface area contributed by atoms with E-state index in [-0.39, 0.29) is 11.9 Å². The Labute approximate surface area is 155 Å². The molecule has 0 spiro atoms. The summed E-state index contributed by atoms with van der Waals surface area (Å²) in [6.45, 7) is 6.58. The number of benzene rings is 2. The lowest BCUT2D eigenvalue weighted by Crippen LogP contribution is -3.13. The zero-order valence-corrected chi connectivity index (χ0v) is 15.6. The lowest BCUT2D eigenvalue weighted by molar-refractivity contribution is -0.917. The van der Waals surface area contributed by atoms with Gasteiger partial charge >= 0.3 is 0 Å². The Hall–Kier alpha value is -2.53. The van der Waals surface area contributed by atoms with Crippen molar-refractivity contribution in [2.75, 3.05) is 38.6 Å². The number of ether oxygens (including phenoxy) is 1. The van der Waals surface area contributed by atoms with Crippen LogP contribution in [0.5, 0.6) is 5.75 Å². The Kier molecular flexibility index (Phi) is 6.12. The Balaban J connectivity index is 1.47. The van der Waals surface area contributed by atoms with Gasteiger partial charge in [-0.1, -0.05) is 30.3 Å². The summed E-state index contributed by atoms with van der Waals surface area (Å²) in [6.07, 6.45) is 0. The highest BCUT2D eigenvalue weighted by Gasteiger charge is 2.26. The molecule has 3 rings (SSSR count). The van der Waals surface area contributed by atoms with E-state index >= 15 is 0 Å². The number of hydrogen-bond donors (Lipinski definition) is 2. The van der Waals surface area contributed by atoms with Gasteiger partial charge in [-0.3, -0.25) is 4.79 Å². The van der Waals surface area contributed by atoms with E-state index < -0.39 is 0 Å². The van der Waals surface area contributed by atoms with Crippen LogP contribution in [0.4, 0.5) is 5.69 Å². The number of nitrogens with one attached hydrogen (secondary N) is 2. The monoisotopic (exact) mass is 354 g/mol. The predicted octanol–water partition coefficient (Wildman–Crippen LogP) is 1.42. The van der Waals surface area contributed by atoms with Gasteiger partial charge in [0.05, 0.1) is 33.3 Å². The molecule has 0 aliphatic carbocycles. The molecule has 138 valence electrons. The molecular weight excluding hydrogens is 326 g/mol. The number of piperazine rings is 1. The van der Waals surface area contributed by atoms with Gasteiger partial charge < -0.3 is 19.9 Å². The van der Waals surface area contributed by atoms with Gasteiger partial charge in [0.2, 0.25) is 5.91 Å². The number of rotatable bonds is 6. The number of carbonyl (C=O) groups excluding carboxylic acids is 1. The minimum Gasteiger partial charge on any atom is -0.497 e. The second-order valence-corrected chi connectivity index (χ2v) is 6.83. The first kappa shape index (κ1) is 18.3. The van der Waals surface area contributed by atoms with Gasteiger partial charge in [-0.05, 0) is 31.2 Å². The molecule has 1 amide bonds. The van der Waals surface area contributed by atoms with Gasteiger partial charge in [-0.2, -0.15) is 0 Å². The topological polar surface area (TPSA) is 46.0 Å². The Morgan fingerprint density at radius 2 is 1.77 bits per heavy atom. The number of methoxy groups -OCH3 is 1. The average Bonchev–Trinajstić information content (AvgIpc) is 2.69. The number of hydrogen-bond acceptors (Lipinski definition) is 3. The predicted molar refractivity (Wildman–Crippen MR) is 104 cm³/mol. The van der Waals surface area contributed by atoms with E-state index in [2.05, 4.69) is 29.6 Å². The fraction of sp³-hybridized carbons (Fsp3) is 0.381. The van der Waals surface area contributed by atoms with Crippen molar-refractivity contribution in [1.29, 1.82) is 0 Å². The van der Waals surface area contributed by atoms with Crippen LogP contribution in [-0.4, -0.2) is 50.1 Å². The normalized spacial score (nSPS) is 16.2. The zero-order valence-electron chi connectivity index (χ0n) is 15.6. The Morgan fingerprint density at radius 3 is 2.38 bits per heavy atom. The third kappa shape index (κ3) is 4.76. The number of quaternary nitrogens is 1. The molecule has 1 aliphatic heterocycles. The van der Waals surface area contributed by atoms with Crippen molar-refractivity contribution in [3.63, 3.8) is 0 Å². The Morgan fingerprint density at radius 1 is 1.12 bits per heavy atom. The van der Waals surface area contributed by atoms with Crippen LogP contribution in [0, 0.1) is 0 Å². The zero-order chi connectivity index (χ0) is 18.4. The van der Waals surface area contributed by atoms with Crippen molar-refractivity contribution in [2.24, 2.45) is 0 Å². The molecule has 1 atom stereocenters. The molecule has 2 aromatic carbocycles. The van der Waals surface area contributed by atoms with Gasteiger partial charge in [0.25, 0.3) is 0 Å². The number of nitrogens with zero attached hydrogens (tertiary/aromatic N) is 1. The van der Waals surface area contributed by atoms with Crippen molar-refractivity contribution < 1.29 is 14.4 Å². The van der Waals surface area contributed by atoms with Crippen LogP contribution in [0.1, 0.15) is 12.5 Å². The molecule has 2 aromatic rings. The highest BCUT2D eigenvalue weighted by atomic mass is 16.5. The first-order valence-corrected chi connectivity index (χ1v) is 9.22. The molecule has 1 aliphatic rings. The van der Waals surface area contributed by atoms with E-state index in [1.807, 2.05) is 42.2 Å². The highest BCUT2D eigenvalue weighted by molar-refractivity contribution is 5.84. The second-order valence-electron chi connectivity index (χ2n) is 6.83. The molecule has 0 aromatic heterocycles. The van der Waals surface area contributed by atoms with Crippen LogP contribution in [0.15, 0.2) is 54.6 Å². The van der Waals surface area contributed by atoms with E-state index in [1.165, 1.54) is 10.5 Å². The molecule has 0 radical (unpaired) electrons. The van der Waals surface area contributed by atoms with Crippen molar-refractivity contribution >= 4 is 11.6 Å². The third-order valence-electron chi connectivity index (χ3n) is 4.92. The smallest absolute Gasteiger partial charge is 0.245 e. The standard InChI is InChI=1S/C21H27N3O2/c1-17(22-19-8-10-20(26-2)11-9-19)21(25)24-14-12-23(13-15-24)16-18-6-4-3-5-7-18/h3-11,17,22H,12-16H2,1-2H3/p+1/t17-/m1/s1. The van der Waals surface area contributed by atoms with Crippen molar-refractivity contribution in [3.05, 3.63) is 60.2 Å². The van der Waals surface area contributed by atoms with Gasteiger partial charge in [-0.15, -0.1) is 0 Å². The third-order valence-corrected chi connectivity index (χ3v) is 4.92. The molecule has 1 heterocycles. The largest absolute Gasteiger partial charge is 0.497 e. The van der Waals surface area contributed by atoms with Crippen LogP contribution in [-0.2, 0) is 11.3 Å². The molecule has 0 unspecified atom stereocenters. The summed E-state index contributed by atoms with van der Waals surface area (Å²) in [5.41, 5.74) is 2.29. The van der Waals surface area contributed by atoms with Crippen LogP contribution in [0.25, 0.3) is 0 Å². The number of carbonyl (C=O) groups is 1. The van der Waals surface area contributed by atoms with Gasteiger partial charge in [0, 0.05) is 11.3 Å². The average molecular weight is 354 g/mol. The molecule has 1 fully saturated rings. The summed E-state index contributed by atoms with van der Waals surface area (Å²) in [7, 11) is 1.65. The first-order chi connectivity index (χ1) is 12.7. The van der Waals surface area contributed by atoms with Gasteiger partial charge in [0.1, 0.15) is 18.3 Å². The first-order valence-electron chi connectivity index (χ1n) is 9.22. The highest BCUT2D eigenvalue weighted by Crippen LogP contribution is 2.16. The fourth-order valence-corrected chi connectivity index (χ4v) is 3.38. The summed E-state index contributed by atoms with van der Waals surface area (Å²) in [5, 5.41) is 3.29. The molecule has 1 saturated heterocycles. The maximum absolute atomic E-state index is 12.7. The fourth-order valence-electron chi connectivity index (χ4n) is 3.38. The van der Waals surface area contributed by atoms with Crippen molar-refractivity contribution in [2.45, 2.75) is 19.5 Å². The molecule has 0 saturated carbocycles. The second kappa shape index (κ2) is 8.72. The summed E-state index contributed by atoms with van der Waals surface area (Å²) in [4.78, 5) is 16.2. The summed E-state index contributed by atoms with van der Waals surface area (Å²) in [6, 6.07) is 18.0. The molecule has 5 heteroatoms. The lowest BCUT2D eigenvalue weighted by atomic mass is 10.2. The van der Waals surface area contributed by atoms with E-state index in [9.17, 15) is 4.79 Å². The van der Waals surface area contributed by atoms with Crippen LogP contribution in [0.2, 0.25) is 0 Å². The summed E-state index contributed by atoms with van der Waals surface area (Å²) < 4.78 is 5.16. The van der Waals surface area contributed by atoms with Crippen molar-refractivity contribution in [3.8, 4) is 5.75 Å². The van der Waals surface area contributed by atoms with E-state index in [0.717, 1.165) is 44.2 Å². The van der Waals surface area contributed by atoms with Crippen LogP contribution < -0.4 is 15.0 Å². The molecule has 5 nitrogen and oxygen atoms in total. The van der Waals surface area contributed by atoms with Crippen LogP contribution >= 0.6 is 0 Å². The minimum atomic E-state index is -0.237. The lowest BCUT2D eigenvalue weighted by Gasteiger charge is -2.34. The molecule has 2 N–H and O–H groups in total. The maximum atomic E-state index is 12.7. The summed E-state index contributed by atoms with van der Waals surface area (Å²) >= 11 is 0. The Bertz CT molecular complexity index is 695. The quantitative estimate of drug-likeness (QED) is 0.825. The van der Waals surface area contributed by atoms with Crippen molar-refractivity contribution in [1.82, 2.24) is 4.90 Å². The van der Waals surface area contributed by atoms with E-state index in [0.29, 0.717) is 0 Å². The number of amides is 1. The van der Waals surface area contributed by atoms with Crippen LogP contribution in [0.3, 0.4) is 0 Å². The maximum Gasteiger partial charge on any atom is 0.245 e. The van der Waals surface area contributed by atoms with Gasteiger partial charge in [-0.25, -0.2) is 0 Å². The minimum absolute atomic E-state index is 0.166. The summed E-state index contributed by atoms with van der Waals surface area (Å²) in [5.74, 6) is 0.978. The molecule has 0 bridgehead atoms.